The molecule has 0 aromatic heterocycles. The Morgan fingerprint density at radius 3 is 0.982 bits per heavy atom. The van der Waals surface area contributed by atoms with Crippen LogP contribution in [0.1, 0.15) is 44.9 Å². The van der Waals surface area contributed by atoms with E-state index in [1.807, 2.05) is 0 Å². The van der Waals surface area contributed by atoms with E-state index in [9.17, 15) is 0 Å². The van der Waals surface area contributed by atoms with Crippen molar-refractivity contribution in [3.63, 3.8) is 0 Å². The Morgan fingerprint density at radius 2 is 0.691 bits per heavy atom. The van der Waals surface area contributed by atoms with Crippen molar-refractivity contribution in [2.45, 2.75) is 56.0 Å². The molecule has 0 aliphatic heterocycles. The number of benzene rings is 6. The standard InChI is InChI=1S/C26H31NSi.C23H24Si.2CH3.Fe/c1-27(2)21-22-13-12-20-26(22)28(23-14-6-3-7-15-23,24-16-8-4-9-17-24)25-18-10-5-11-19-25;1-4-12-20(13-5-1)24(23-18-10-11-19-23,21-14-6-2-7-15-21)22-16-8-3-9-17-22;;;/h3-11,14-19,22,26H,12-13,20-21H2,1-2H3;1-9,12-17,23H,10-11,18-19H2;2*1H3;/q;;2*-1;+2. The van der Waals surface area contributed by atoms with Gasteiger partial charge in [-0.2, -0.15) is 0 Å². The van der Waals surface area contributed by atoms with Crippen LogP contribution in [-0.2, 0) is 17.1 Å². The molecule has 0 radical (unpaired) electrons. The Labute approximate surface area is 346 Å². The van der Waals surface area contributed by atoms with Crippen LogP contribution < -0.4 is 31.1 Å². The first kappa shape index (κ1) is 44.0. The van der Waals surface area contributed by atoms with Gasteiger partial charge in [0.25, 0.3) is 0 Å². The van der Waals surface area contributed by atoms with Crippen LogP contribution >= 0.6 is 0 Å². The van der Waals surface area contributed by atoms with Crippen LogP contribution in [0.4, 0.5) is 0 Å². The van der Waals surface area contributed by atoms with Gasteiger partial charge in [0.15, 0.2) is 16.1 Å². The van der Waals surface area contributed by atoms with Crippen molar-refractivity contribution in [2.75, 3.05) is 20.6 Å². The van der Waals surface area contributed by atoms with Gasteiger partial charge in [-0.1, -0.05) is 221 Å². The van der Waals surface area contributed by atoms with E-state index in [0.717, 1.165) is 17.0 Å². The molecule has 0 heterocycles. The molecule has 2 atom stereocenters. The topological polar surface area (TPSA) is 3.24 Å². The normalized spacial score (nSPS) is 16.9. The summed E-state index contributed by atoms with van der Waals surface area (Å²) < 4.78 is 0. The van der Waals surface area contributed by atoms with Gasteiger partial charge >= 0.3 is 17.1 Å². The molecule has 286 valence electrons. The zero-order valence-corrected chi connectivity index (χ0v) is 36.6. The Bertz CT molecular complexity index is 1720. The van der Waals surface area contributed by atoms with Crippen LogP contribution in [0.3, 0.4) is 0 Å². The summed E-state index contributed by atoms with van der Waals surface area (Å²) in [7, 11) is 0.319. The SMILES string of the molecule is CN(C)CC1CCCC1[Si](c1ccccc1)(c1ccccc1)c1ccccc1.[CH3-].[CH3-].[Fe+2].c1ccc([Si](c2ccccc2)(c2ccccc2)C2CCCC2)cc1. The summed E-state index contributed by atoms with van der Waals surface area (Å²) in [5, 5.41) is 9.37. The summed E-state index contributed by atoms with van der Waals surface area (Å²) in [4.78, 5) is 2.39. The first-order valence-corrected chi connectivity index (χ1v) is 23.8. The molecule has 0 bridgehead atoms. The first-order valence-electron chi connectivity index (χ1n) is 19.6. The molecular weight excluding hydrogens is 739 g/mol. The van der Waals surface area contributed by atoms with Crippen molar-refractivity contribution in [1.82, 2.24) is 4.90 Å². The van der Waals surface area contributed by atoms with E-state index in [1.54, 1.807) is 31.1 Å². The summed E-state index contributed by atoms with van der Waals surface area (Å²) in [5.74, 6) is 0.752. The molecule has 6 aromatic rings. The van der Waals surface area contributed by atoms with Gasteiger partial charge < -0.3 is 19.8 Å². The number of nitrogens with zero attached hydrogens (tertiary/aromatic N) is 1. The van der Waals surface area contributed by atoms with E-state index < -0.39 is 16.1 Å². The van der Waals surface area contributed by atoms with Crippen molar-refractivity contribution < 1.29 is 17.1 Å². The monoisotopic (exact) mass is 799 g/mol. The predicted octanol–water partition coefficient (Wildman–Crippen LogP) is 8.89. The van der Waals surface area contributed by atoms with Crippen molar-refractivity contribution in [2.24, 2.45) is 5.92 Å². The van der Waals surface area contributed by atoms with Gasteiger partial charge in [0.05, 0.1) is 0 Å². The van der Waals surface area contributed by atoms with Gasteiger partial charge in [-0.3, -0.25) is 0 Å². The third-order valence-corrected chi connectivity index (χ3v) is 23.3. The van der Waals surface area contributed by atoms with Gasteiger partial charge in [0.1, 0.15) is 0 Å². The number of hydrogen-bond donors (Lipinski definition) is 0. The molecule has 2 saturated carbocycles. The summed E-state index contributed by atoms with van der Waals surface area (Å²) in [6, 6.07) is 68.3. The molecule has 2 aliphatic carbocycles. The average molecular weight is 800 g/mol. The summed E-state index contributed by atoms with van der Waals surface area (Å²) in [6.45, 7) is 1.19. The molecule has 55 heavy (non-hydrogen) atoms. The van der Waals surface area contributed by atoms with E-state index in [-0.39, 0.29) is 31.9 Å². The molecule has 0 N–H and O–H groups in total. The van der Waals surface area contributed by atoms with Crippen LogP contribution in [-0.4, -0.2) is 41.7 Å². The maximum atomic E-state index is 2.40. The van der Waals surface area contributed by atoms with Gasteiger partial charge in [-0.15, -0.1) is 0 Å². The maximum absolute atomic E-state index is 2.40. The molecule has 8 rings (SSSR count). The number of rotatable bonds is 10. The van der Waals surface area contributed by atoms with Crippen molar-refractivity contribution >= 4 is 47.3 Å². The van der Waals surface area contributed by atoms with E-state index >= 15 is 0 Å². The molecule has 1 nitrogen and oxygen atoms in total. The molecular formula is C51H61FeNSi2. The third kappa shape index (κ3) is 9.11. The fourth-order valence-corrected chi connectivity index (χ4v) is 22.1. The summed E-state index contributed by atoms with van der Waals surface area (Å²) >= 11 is 0. The summed E-state index contributed by atoms with van der Waals surface area (Å²) in [6.07, 6.45) is 9.53. The van der Waals surface area contributed by atoms with Crippen molar-refractivity contribution in [3.8, 4) is 0 Å². The number of hydrogen-bond acceptors (Lipinski definition) is 1. The molecule has 0 amide bonds. The van der Waals surface area contributed by atoms with E-state index in [1.165, 1.54) is 51.5 Å². The fraction of sp³-hybridized carbons (Fsp3) is 0.255. The quantitative estimate of drug-likeness (QED) is 0.0761. The molecule has 6 aromatic carbocycles. The maximum Gasteiger partial charge on any atom is 2.00 e. The summed E-state index contributed by atoms with van der Waals surface area (Å²) in [5.41, 5.74) is 1.52. The Balaban J connectivity index is 0.000000234. The van der Waals surface area contributed by atoms with Gasteiger partial charge in [0, 0.05) is 6.54 Å². The Morgan fingerprint density at radius 1 is 0.400 bits per heavy atom. The first-order chi connectivity index (χ1) is 25.6. The largest absolute Gasteiger partial charge is 2.00 e. The molecule has 4 heteroatoms. The Kier molecular flexibility index (Phi) is 16.7. The van der Waals surface area contributed by atoms with Crippen LogP contribution in [0.25, 0.3) is 0 Å². The molecule has 0 spiro atoms. The third-order valence-electron chi connectivity index (χ3n) is 12.2. The fourth-order valence-electron chi connectivity index (χ4n) is 10.2. The minimum absolute atomic E-state index is 0. The van der Waals surface area contributed by atoms with Crippen LogP contribution in [0.2, 0.25) is 11.1 Å². The molecule has 2 aliphatic rings. The van der Waals surface area contributed by atoms with Crippen LogP contribution in [0, 0.1) is 20.8 Å². The van der Waals surface area contributed by atoms with Crippen LogP contribution in [0.5, 0.6) is 0 Å². The van der Waals surface area contributed by atoms with Crippen molar-refractivity contribution in [1.29, 1.82) is 0 Å². The van der Waals surface area contributed by atoms with Crippen LogP contribution in [0.15, 0.2) is 182 Å². The molecule has 2 fully saturated rings. The second-order valence-electron chi connectivity index (χ2n) is 15.4. The Hall–Kier alpha value is -3.77. The van der Waals surface area contributed by atoms with E-state index in [4.69, 9.17) is 0 Å². The average Bonchev–Trinajstić information content (AvgIpc) is 3.92. The second-order valence-corrected chi connectivity index (χ2v) is 23.6. The van der Waals surface area contributed by atoms with Gasteiger partial charge in [-0.05, 0) is 68.6 Å². The smallest absolute Gasteiger partial charge is 0.358 e. The van der Waals surface area contributed by atoms with E-state index in [0.29, 0.717) is 0 Å². The van der Waals surface area contributed by atoms with E-state index in [2.05, 4.69) is 201 Å². The van der Waals surface area contributed by atoms with Gasteiger partial charge in [0.2, 0.25) is 0 Å². The molecule has 2 unspecified atom stereocenters. The minimum Gasteiger partial charge on any atom is -0.358 e. The molecule has 0 saturated heterocycles. The predicted molar refractivity (Wildman–Crippen MR) is 243 cm³/mol. The van der Waals surface area contributed by atoms with Gasteiger partial charge in [-0.25, -0.2) is 0 Å². The van der Waals surface area contributed by atoms with Crippen molar-refractivity contribution in [3.05, 3.63) is 197 Å². The minimum atomic E-state index is -2.15. The zero-order chi connectivity index (χ0) is 35.6. The zero-order valence-electron chi connectivity index (χ0n) is 33.5. The second kappa shape index (κ2) is 21.0.